The predicted octanol–water partition coefficient (Wildman–Crippen LogP) is 3.32. The predicted molar refractivity (Wildman–Crippen MR) is 122 cm³/mol. The first kappa shape index (κ1) is 23.3. The summed E-state index contributed by atoms with van der Waals surface area (Å²) < 4.78 is 23.8. The number of nitrogens with two attached hydrogens (primary N) is 1. The van der Waals surface area contributed by atoms with Gasteiger partial charge in [-0.15, -0.1) is 10.2 Å². The monoisotopic (exact) mass is 458 g/mol. The molecule has 0 saturated carbocycles. The maximum atomic E-state index is 11.7. The van der Waals surface area contributed by atoms with Gasteiger partial charge in [0, 0.05) is 11.3 Å². The molecule has 0 bridgehead atoms. The molecule has 0 saturated heterocycles. The number of amides is 1. The fourth-order valence-corrected chi connectivity index (χ4v) is 3.87. The SMILES string of the molecule is CCOc1ccc(-n2c(SC(C)C(N)=O)nnc2-c2cc(OC)c(OC)c(OC)c2)cc1. The summed E-state index contributed by atoms with van der Waals surface area (Å²) in [6.45, 7) is 4.22. The number of aromatic nitrogens is 3. The summed E-state index contributed by atoms with van der Waals surface area (Å²) in [5.74, 6) is 2.30. The highest BCUT2D eigenvalue weighted by atomic mass is 32.2. The largest absolute Gasteiger partial charge is 0.494 e. The van der Waals surface area contributed by atoms with E-state index in [4.69, 9.17) is 24.7 Å². The number of primary amides is 1. The molecular formula is C22H26N4O5S. The quantitative estimate of drug-likeness (QED) is 0.461. The lowest BCUT2D eigenvalue weighted by atomic mass is 10.1. The summed E-state index contributed by atoms with van der Waals surface area (Å²) >= 11 is 1.23. The first-order chi connectivity index (χ1) is 15.4. The van der Waals surface area contributed by atoms with Crippen molar-refractivity contribution in [3.05, 3.63) is 36.4 Å². The molecule has 0 aliphatic carbocycles. The first-order valence-electron chi connectivity index (χ1n) is 9.88. The molecule has 2 N–H and O–H groups in total. The highest BCUT2D eigenvalue weighted by Crippen LogP contribution is 2.42. The molecule has 2 aromatic carbocycles. The maximum Gasteiger partial charge on any atom is 0.230 e. The zero-order valence-corrected chi connectivity index (χ0v) is 19.4. The average Bonchev–Trinajstić information content (AvgIpc) is 3.22. The lowest BCUT2D eigenvalue weighted by Gasteiger charge is -2.16. The average molecular weight is 459 g/mol. The summed E-state index contributed by atoms with van der Waals surface area (Å²) in [5.41, 5.74) is 6.96. The van der Waals surface area contributed by atoms with Gasteiger partial charge in [0.05, 0.1) is 33.2 Å². The number of rotatable bonds is 10. The van der Waals surface area contributed by atoms with Crippen molar-refractivity contribution < 1.29 is 23.7 Å². The Morgan fingerprint density at radius 1 is 1.06 bits per heavy atom. The number of benzene rings is 2. The third-order valence-electron chi connectivity index (χ3n) is 4.65. The number of thioether (sulfide) groups is 1. The molecule has 0 spiro atoms. The van der Waals surface area contributed by atoms with Crippen molar-refractivity contribution in [3.63, 3.8) is 0 Å². The second-order valence-corrected chi connectivity index (χ2v) is 7.95. The maximum absolute atomic E-state index is 11.7. The van der Waals surface area contributed by atoms with Gasteiger partial charge < -0.3 is 24.7 Å². The van der Waals surface area contributed by atoms with Gasteiger partial charge >= 0.3 is 0 Å². The van der Waals surface area contributed by atoms with E-state index in [1.54, 1.807) is 40.4 Å². The summed E-state index contributed by atoms with van der Waals surface area (Å²) in [6.07, 6.45) is 0. The standard InChI is InChI=1S/C22H26N4O5S/c1-6-31-16-9-7-15(8-10-16)26-21(24-25-22(26)32-13(2)20(23)27)14-11-17(28-3)19(30-5)18(12-14)29-4/h7-13H,6H2,1-5H3,(H2,23,27). The normalized spacial score (nSPS) is 11.7. The van der Waals surface area contributed by atoms with Crippen LogP contribution in [0.5, 0.6) is 23.0 Å². The Labute approximate surface area is 190 Å². The molecule has 0 fully saturated rings. The van der Waals surface area contributed by atoms with E-state index in [2.05, 4.69) is 10.2 Å². The molecule has 9 nitrogen and oxygen atoms in total. The molecule has 3 aromatic rings. The van der Waals surface area contributed by atoms with Crippen molar-refractivity contribution in [2.45, 2.75) is 24.3 Å². The minimum Gasteiger partial charge on any atom is -0.494 e. The van der Waals surface area contributed by atoms with Gasteiger partial charge in [-0.1, -0.05) is 11.8 Å². The highest BCUT2D eigenvalue weighted by Gasteiger charge is 2.23. The number of hydrogen-bond donors (Lipinski definition) is 1. The van der Waals surface area contributed by atoms with Crippen LogP contribution in [0.2, 0.25) is 0 Å². The van der Waals surface area contributed by atoms with Crippen molar-refractivity contribution in [1.82, 2.24) is 14.8 Å². The zero-order valence-electron chi connectivity index (χ0n) is 18.6. The number of nitrogens with zero attached hydrogens (tertiary/aromatic N) is 3. The van der Waals surface area contributed by atoms with Crippen LogP contribution in [-0.4, -0.2) is 53.9 Å². The molecule has 1 atom stereocenters. The van der Waals surface area contributed by atoms with Crippen LogP contribution in [0, 0.1) is 0 Å². The van der Waals surface area contributed by atoms with Crippen LogP contribution in [0.25, 0.3) is 17.1 Å². The molecule has 1 heterocycles. The first-order valence-corrected chi connectivity index (χ1v) is 10.8. The van der Waals surface area contributed by atoms with Gasteiger partial charge in [-0.3, -0.25) is 9.36 Å². The van der Waals surface area contributed by atoms with Crippen molar-refractivity contribution in [2.75, 3.05) is 27.9 Å². The van der Waals surface area contributed by atoms with Crippen molar-refractivity contribution in [3.8, 4) is 40.1 Å². The van der Waals surface area contributed by atoms with Crippen LogP contribution < -0.4 is 24.7 Å². The fourth-order valence-electron chi connectivity index (χ4n) is 3.05. The van der Waals surface area contributed by atoms with E-state index in [9.17, 15) is 4.79 Å². The van der Waals surface area contributed by atoms with Crippen LogP contribution in [0.4, 0.5) is 0 Å². The number of ether oxygens (including phenoxy) is 4. The van der Waals surface area contributed by atoms with Crippen molar-refractivity contribution >= 4 is 17.7 Å². The molecule has 0 aliphatic heterocycles. The third-order valence-corrected chi connectivity index (χ3v) is 5.71. The lowest BCUT2D eigenvalue weighted by molar-refractivity contribution is -0.117. The lowest BCUT2D eigenvalue weighted by Crippen LogP contribution is -2.23. The summed E-state index contributed by atoms with van der Waals surface area (Å²) in [5, 5.41) is 8.75. The van der Waals surface area contributed by atoms with Crippen LogP contribution in [0.15, 0.2) is 41.6 Å². The number of carbonyl (C=O) groups excluding carboxylic acids is 1. The van der Waals surface area contributed by atoms with Crippen LogP contribution in [0.1, 0.15) is 13.8 Å². The van der Waals surface area contributed by atoms with Crippen LogP contribution in [0.3, 0.4) is 0 Å². The minimum atomic E-state index is -0.492. The zero-order chi connectivity index (χ0) is 23.3. The number of carbonyl (C=O) groups is 1. The Morgan fingerprint density at radius 2 is 1.69 bits per heavy atom. The minimum absolute atomic E-state index is 0.439. The Bertz CT molecular complexity index is 1060. The Kier molecular flexibility index (Phi) is 7.47. The van der Waals surface area contributed by atoms with Crippen molar-refractivity contribution in [1.29, 1.82) is 0 Å². The van der Waals surface area contributed by atoms with Gasteiger partial charge in [-0.25, -0.2) is 0 Å². The summed E-state index contributed by atoms with van der Waals surface area (Å²) in [4.78, 5) is 11.7. The van der Waals surface area contributed by atoms with E-state index in [-0.39, 0.29) is 0 Å². The second kappa shape index (κ2) is 10.3. The molecule has 0 radical (unpaired) electrons. The van der Waals surface area contributed by atoms with Crippen LogP contribution in [-0.2, 0) is 4.79 Å². The molecule has 170 valence electrons. The van der Waals surface area contributed by atoms with Gasteiger partial charge in [-0.05, 0) is 50.2 Å². The van der Waals surface area contributed by atoms with E-state index in [1.165, 1.54) is 11.8 Å². The van der Waals surface area contributed by atoms with E-state index in [0.29, 0.717) is 40.4 Å². The van der Waals surface area contributed by atoms with E-state index in [1.807, 2.05) is 35.8 Å². The Hall–Kier alpha value is -3.40. The Morgan fingerprint density at radius 3 is 2.19 bits per heavy atom. The van der Waals surface area contributed by atoms with Gasteiger partial charge in [-0.2, -0.15) is 0 Å². The molecule has 10 heteroatoms. The van der Waals surface area contributed by atoms with Crippen molar-refractivity contribution in [2.24, 2.45) is 5.73 Å². The number of methoxy groups -OCH3 is 3. The molecule has 0 aliphatic rings. The van der Waals surface area contributed by atoms with E-state index in [0.717, 1.165) is 11.4 Å². The van der Waals surface area contributed by atoms with E-state index >= 15 is 0 Å². The molecule has 3 rings (SSSR count). The number of hydrogen-bond acceptors (Lipinski definition) is 8. The molecule has 1 aromatic heterocycles. The highest BCUT2D eigenvalue weighted by molar-refractivity contribution is 8.00. The molecular weight excluding hydrogens is 432 g/mol. The van der Waals surface area contributed by atoms with Crippen LogP contribution >= 0.6 is 11.8 Å². The Balaban J connectivity index is 2.18. The van der Waals surface area contributed by atoms with Gasteiger partial charge in [0.15, 0.2) is 22.5 Å². The summed E-state index contributed by atoms with van der Waals surface area (Å²) in [7, 11) is 4.64. The topological polar surface area (TPSA) is 111 Å². The van der Waals surface area contributed by atoms with Gasteiger partial charge in [0.2, 0.25) is 11.7 Å². The van der Waals surface area contributed by atoms with Gasteiger partial charge in [0.1, 0.15) is 5.75 Å². The van der Waals surface area contributed by atoms with E-state index < -0.39 is 11.2 Å². The second-order valence-electron chi connectivity index (χ2n) is 6.64. The smallest absolute Gasteiger partial charge is 0.230 e. The summed E-state index contributed by atoms with van der Waals surface area (Å²) in [6, 6.07) is 11.1. The molecule has 32 heavy (non-hydrogen) atoms. The molecule has 1 unspecified atom stereocenters. The fraction of sp³-hybridized carbons (Fsp3) is 0.318. The third kappa shape index (κ3) is 4.75. The van der Waals surface area contributed by atoms with Gasteiger partial charge in [0.25, 0.3) is 0 Å². The molecule has 1 amide bonds.